The predicted octanol–water partition coefficient (Wildman–Crippen LogP) is 1.80. The van der Waals surface area contributed by atoms with Gasteiger partial charge in [-0.15, -0.1) is 5.10 Å². The molecule has 1 atom stereocenters. The number of amidine groups is 1. The minimum atomic E-state index is 0.311. The van der Waals surface area contributed by atoms with Crippen molar-refractivity contribution in [1.82, 2.24) is 0 Å². The molecule has 1 unspecified atom stereocenters. The molecule has 0 spiro atoms. The van der Waals surface area contributed by atoms with Crippen molar-refractivity contribution in [2.24, 2.45) is 21.9 Å². The predicted molar refractivity (Wildman–Crippen MR) is 64.9 cm³/mol. The summed E-state index contributed by atoms with van der Waals surface area (Å²) in [5, 5.41) is 8.09. The maximum atomic E-state index is 5.63. The number of benzene rings is 1. The fraction of sp³-hybridized carbons (Fsp3) is 0.333. The summed E-state index contributed by atoms with van der Waals surface area (Å²) in [7, 11) is 1.65. The van der Waals surface area contributed by atoms with Crippen LogP contribution in [0.25, 0.3) is 0 Å². The van der Waals surface area contributed by atoms with Crippen molar-refractivity contribution in [1.29, 1.82) is 0 Å². The summed E-state index contributed by atoms with van der Waals surface area (Å²) in [6.07, 6.45) is 0.769. The van der Waals surface area contributed by atoms with Crippen LogP contribution in [-0.2, 0) is 0 Å². The highest BCUT2D eigenvalue weighted by atomic mass is 16.5. The number of rotatable bonds is 2. The molecule has 1 aliphatic rings. The third-order valence-corrected chi connectivity index (χ3v) is 2.65. The van der Waals surface area contributed by atoms with E-state index in [2.05, 4.69) is 17.1 Å². The molecule has 4 nitrogen and oxygen atoms in total. The van der Waals surface area contributed by atoms with Gasteiger partial charge in [-0.2, -0.15) is 5.10 Å². The van der Waals surface area contributed by atoms with Crippen LogP contribution in [0.5, 0.6) is 5.75 Å². The normalized spacial score (nSPS) is 20.0. The van der Waals surface area contributed by atoms with E-state index in [9.17, 15) is 0 Å². The third-order valence-electron chi connectivity index (χ3n) is 2.65. The molecule has 0 fully saturated rings. The largest absolute Gasteiger partial charge is 0.497 e. The molecule has 1 aromatic carbocycles. The van der Waals surface area contributed by atoms with Gasteiger partial charge in [0.05, 0.1) is 12.8 Å². The lowest BCUT2D eigenvalue weighted by Crippen LogP contribution is -2.25. The van der Waals surface area contributed by atoms with Crippen molar-refractivity contribution in [2.75, 3.05) is 7.11 Å². The lowest BCUT2D eigenvalue weighted by Gasteiger charge is -2.17. The van der Waals surface area contributed by atoms with E-state index in [1.54, 1.807) is 7.11 Å². The molecule has 0 radical (unpaired) electrons. The molecule has 0 saturated carbocycles. The molecule has 84 valence electrons. The number of hydrogen-bond acceptors (Lipinski definition) is 4. The fourth-order valence-corrected chi connectivity index (χ4v) is 1.77. The fourth-order valence-electron chi connectivity index (χ4n) is 1.77. The number of nitrogens with zero attached hydrogens (tertiary/aromatic N) is 2. The minimum Gasteiger partial charge on any atom is -0.497 e. The summed E-state index contributed by atoms with van der Waals surface area (Å²) in [4.78, 5) is 0. The molecular formula is C12H15N3O. The standard InChI is InChI=1S/C12H15N3O/c1-8-7-11(13)14-15-12(8)9-3-5-10(16-2)6-4-9/h3-6,8H,7H2,1-2H3,(H2,13,14). The Balaban J connectivity index is 2.30. The third kappa shape index (κ3) is 2.05. The van der Waals surface area contributed by atoms with Crippen LogP contribution >= 0.6 is 0 Å². The molecule has 2 rings (SSSR count). The number of methoxy groups -OCH3 is 1. The van der Waals surface area contributed by atoms with Crippen LogP contribution in [0.4, 0.5) is 0 Å². The van der Waals surface area contributed by atoms with Crippen LogP contribution in [0.2, 0.25) is 0 Å². The van der Waals surface area contributed by atoms with Crippen molar-refractivity contribution in [3.05, 3.63) is 29.8 Å². The van der Waals surface area contributed by atoms with Gasteiger partial charge in [-0.1, -0.05) is 6.92 Å². The minimum absolute atomic E-state index is 0.311. The molecule has 0 amide bonds. The number of ether oxygens (including phenoxy) is 1. The SMILES string of the molecule is COc1ccc(C2=NN=C(N)CC2C)cc1. The maximum absolute atomic E-state index is 5.63. The average molecular weight is 217 g/mol. The van der Waals surface area contributed by atoms with E-state index in [-0.39, 0.29) is 0 Å². The first kappa shape index (κ1) is 10.7. The van der Waals surface area contributed by atoms with Crippen LogP contribution in [-0.4, -0.2) is 18.7 Å². The molecular weight excluding hydrogens is 202 g/mol. The van der Waals surface area contributed by atoms with Crippen LogP contribution in [0.15, 0.2) is 34.5 Å². The Bertz CT molecular complexity index is 434. The van der Waals surface area contributed by atoms with Crippen LogP contribution in [0, 0.1) is 5.92 Å². The van der Waals surface area contributed by atoms with Gasteiger partial charge in [-0.25, -0.2) is 0 Å². The van der Waals surface area contributed by atoms with Gasteiger partial charge in [0, 0.05) is 12.3 Å². The molecule has 1 heterocycles. The quantitative estimate of drug-likeness (QED) is 0.821. The van der Waals surface area contributed by atoms with Gasteiger partial charge in [-0.3, -0.25) is 0 Å². The molecule has 1 aromatic rings. The molecule has 0 aromatic heterocycles. The summed E-state index contributed by atoms with van der Waals surface area (Å²) in [5.74, 6) is 1.76. The monoisotopic (exact) mass is 217 g/mol. The highest BCUT2D eigenvalue weighted by Gasteiger charge is 2.18. The van der Waals surface area contributed by atoms with E-state index in [1.165, 1.54) is 0 Å². The smallest absolute Gasteiger partial charge is 0.123 e. The lowest BCUT2D eigenvalue weighted by molar-refractivity contribution is 0.415. The van der Waals surface area contributed by atoms with Gasteiger partial charge in [0.2, 0.25) is 0 Å². The summed E-state index contributed by atoms with van der Waals surface area (Å²) in [6, 6.07) is 7.83. The van der Waals surface area contributed by atoms with Crippen molar-refractivity contribution < 1.29 is 4.74 Å². The van der Waals surface area contributed by atoms with Gasteiger partial charge in [0.15, 0.2) is 0 Å². The Kier molecular flexibility index (Phi) is 2.90. The first-order valence-electron chi connectivity index (χ1n) is 5.25. The molecule has 4 heteroatoms. The molecule has 1 aliphatic heterocycles. The summed E-state index contributed by atoms with van der Waals surface area (Å²) in [6.45, 7) is 2.10. The first-order valence-corrected chi connectivity index (χ1v) is 5.25. The van der Waals surface area contributed by atoms with Gasteiger partial charge in [0.25, 0.3) is 0 Å². The van der Waals surface area contributed by atoms with E-state index in [0.717, 1.165) is 23.4 Å². The Morgan fingerprint density at radius 1 is 1.25 bits per heavy atom. The Morgan fingerprint density at radius 3 is 2.50 bits per heavy atom. The van der Waals surface area contributed by atoms with Gasteiger partial charge in [-0.05, 0) is 29.8 Å². The van der Waals surface area contributed by atoms with Crippen LogP contribution in [0.3, 0.4) is 0 Å². The summed E-state index contributed by atoms with van der Waals surface area (Å²) < 4.78 is 5.11. The van der Waals surface area contributed by atoms with Crippen molar-refractivity contribution >= 4 is 11.5 Å². The molecule has 2 N–H and O–H groups in total. The van der Waals surface area contributed by atoms with E-state index >= 15 is 0 Å². The molecule has 0 aliphatic carbocycles. The molecule has 0 saturated heterocycles. The zero-order valence-corrected chi connectivity index (χ0v) is 9.47. The highest BCUT2D eigenvalue weighted by Crippen LogP contribution is 2.19. The topological polar surface area (TPSA) is 60.0 Å². The van der Waals surface area contributed by atoms with Gasteiger partial charge < -0.3 is 10.5 Å². The van der Waals surface area contributed by atoms with Crippen molar-refractivity contribution in [3.8, 4) is 5.75 Å². The van der Waals surface area contributed by atoms with Gasteiger partial charge in [0.1, 0.15) is 11.6 Å². The Morgan fingerprint density at radius 2 is 1.94 bits per heavy atom. The second kappa shape index (κ2) is 4.35. The van der Waals surface area contributed by atoms with E-state index < -0.39 is 0 Å². The lowest BCUT2D eigenvalue weighted by atomic mass is 9.94. The van der Waals surface area contributed by atoms with E-state index in [0.29, 0.717) is 11.8 Å². The zero-order chi connectivity index (χ0) is 11.5. The van der Waals surface area contributed by atoms with E-state index in [4.69, 9.17) is 10.5 Å². The number of hydrogen-bond donors (Lipinski definition) is 1. The summed E-state index contributed by atoms with van der Waals surface area (Å²) in [5.41, 5.74) is 7.69. The van der Waals surface area contributed by atoms with Crippen molar-refractivity contribution in [2.45, 2.75) is 13.3 Å². The number of nitrogens with two attached hydrogens (primary N) is 1. The first-order chi connectivity index (χ1) is 7.70. The van der Waals surface area contributed by atoms with Crippen molar-refractivity contribution in [3.63, 3.8) is 0 Å². The molecule has 16 heavy (non-hydrogen) atoms. The maximum Gasteiger partial charge on any atom is 0.123 e. The molecule has 0 bridgehead atoms. The Labute approximate surface area is 94.8 Å². The van der Waals surface area contributed by atoms with Crippen LogP contribution < -0.4 is 10.5 Å². The summed E-state index contributed by atoms with van der Waals surface area (Å²) >= 11 is 0. The zero-order valence-electron chi connectivity index (χ0n) is 9.47. The second-order valence-electron chi connectivity index (χ2n) is 3.91. The van der Waals surface area contributed by atoms with Crippen LogP contribution in [0.1, 0.15) is 18.9 Å². The average Bonchev–Trinajstić information content (AvgIpc) is 2.29. The highest BCUT2D eigenvalue weighted by molar-refractivity contribution is 6.05. The Hall–Kier alpha value is -1.84. The van der Waals surface area contributed by atoms with Gasteiger partial charge >= 0.3 is 0 Å². The van der Waals surface area contributed by atoms with E-state index in [1.807, 2.05) is 24.3 Å². The second-order valence-corrected chi connectivity index (χ2v) is 3.91.